The summed E-state index contributed by atoms with van der Waals surface area (Å²) in [6.07, 6.45) is 0. The Morgan fingerprint density at radius 2 is 1.90 bits per heavy atom. The zero-order valence-corrected chi connectivity index (χ0v) is 13.3. The molecular formula is C10H13ClN2O6S2. The number of nitro groups is 1. The van der Waals surface area contributed by atoms with Gasteiger partial charge in [0.05, 0.1) is 15.6 Å². The number of hydrogen-bond donors (Lipinski definition) is 1. The number of rotatable bonds is 7. The number of sulfonamides is 1. The summed E-state index contributed by atoms with van der Waals surface area (Å²) in [6, 6.07) is 3.02. The Labute approximate surface area is 127 Å². The number of nitro benzene ring substituents is 1. The van der Waals surface area contributed by atoms with E-state index in [-0.39, 0.29) is 28.0 Å². The molecule has 21 heavy (non-hydrogen) atoms. The molecule has 118 valence electrons. The zero-order chi connectivity index (χ0) is 16.3. The fraction of sp³-hybridized carbons (Fsp3) is 0.400. The maximum absolute atomic E-state index is 11.9. The second-order valence-electron chi connectivity index (χ2n) is 4.00. The van der Waals surface area contributed by atoms with Crippen molar-refractivity contribution in [2.75, 3.05) is 18.1 Å². The molecule has 11 heteroatoms. The molecule has 1 aromatic rings. The van der Waals surface area contributed by atoms with E-state index in [9.17, 15) is 26.9 Å². The van der Waals surface area contributed by atoms with Crippen LogP contribution in [0.2, 0.25) is 5.02 Å². The van der Waals surface area contributed by atoms with Crippen LogP contribution in [-0.2, 0) is 19.9 Å². The van der Waals surface area contributed by atoms with Gasteiger partial charge in [-0.1, -0.05) is 18.5 Å². The van der Waals surface area contributed by atoms with E-state index >= 15 is 0 Å². The van der Waals surface area contributed by atoms with Crippen molar-refractivity contribution in [1.29, 1.82) is 0 Å². The lowest BCUT2D eigenvalue weighted by Gasteiger charge is -2.07. The Kier molecular flexibility index (Phi) is 5.68. The van der Waals surface area contributed by atoms with Gasteiger partial charge in [0.25, 0.3) is 5.69 Å². The summed E-state index contributed by atoms with van der Waals surface area (Å²) in [5.74, 6) is -0.445. The van der Waals surface area contributed by atoms with E-state index in [4.69, 9.17) is 11.6 Å². The summed E-state index contributed by atoms with van der Waals surface area (Å²) in [6.45, 7) is 1.14. The number of hydrogen-bond acceptors (Lipinski definition) is 6. The summed E-state index contributed by atoms with van der Waals surface area (Å²) in [5.41, 5.74) is -0.541. The van der Waals surface area contributed by atoms with Crippen LogP contribution in [0.25, 0.3) is 0 Å². The van der Waals surface area contributed by atoms with E-state index in [0.29, 0.717) is 0 Å². The fourth-order valence-electron chi connectivity index (χ4n) is 1.36. The van der Waals surface area contributed by atoms with Gasteiger partial charge in [-0.05, 0) is 12.1 Å². The molecule has 1 N–H and O–H groups in total. The average molecular weight is 357 g/mol. The van der Waals surface area contributed by atoms with Gasteiger partial charge in [-0.2, -0.15) is 0 Å². The predicted octanol–water partition coefficient (Wildman–Crippen LogP) is 0.961. The molecule has 0 unspecified atom stereocenters. The lowest BCUT2D eigenvalue weighted by Crippen LogP contribution is -2.29. The van der Waals surface area contributed by atoms with Crippen LogP contribution in [0, 0.1) is 10.1 Å². The third-order valence-corrected chi connectivity index (χ3v) is 6.05. The first-order valence-electron chi connectivity index (χ1n) is 5.73. The first kappa shape index (κ1) is 17.8. The standard InChI is InChI=1S/C10H13ClN2O6S2/c1-2-20(16,17)6-5-12-21(18,19)8-3-4-9(11)10(7-8)13(14)15/h3-4,7,12H,2,5-6H2,1H3. The van der Waals surface area contributed by atoms with E-state index in [1.165, 1.54) is 6.92 Å². The third-order valence-electron chi connectivity index (χ3n) is 2.57. The molecule has 8 nitrogen and oxygen atoms in total. The number of nitrogens with one attached hydrogen (secondary N) is 1. The minimum atomic E-state index is -4.04. The number of nitrogens with zero attached hydrogens (tertiary/aromatic N) is 1. The molecule has 0 radical (unpaired) electrons. The Morgan fingerprint density at radius 1 is 1.29 bits per heavy atom. The second-order valence-corrected chi connectivity index (χ2v) is 8.65. The zero-order valence-electron chi connectivity index (χ0n) is 10.9. The molecular weight excluding hydrogens is 344 g/mol. The third kappa shape index (κ3) is 4.92. The van der Waals surface area contributed by atoms with E-state index in [1.807, 2.05) is 0 Å². The van der Waals surface area contributed by atoms with Crippen LogP contribution in [0.15, 0.2) is 23.1 Å². The van der Waals surface area contributed by atoms with E-state index in [2.05, 4.69) is 4.72 Å². The van der Waals surface area contributed by atoms with Crippen LogP contribution in [0.3, 0.4) is 0 Å². The number of halogens is 1. The molecule has 0 aliphatic carbocycles. The van der Waals surface area contributed by atoms with Gasteiger partial charge in [0.2, 0.25) is 10.0 Å². The first-order chi connectivity index (χ1) is 9.59. The highest BCUT2D eigenvalue weighted by Crippen LogP contribution is 2.26. The van der Waals surface area contributed by atoms with Crippen LogP contribution in [-0.4, -0.2) is 39.8 Å². The molecule has 0 amide bonds. The van der Waals surface area contributed by atoms with Crippen molar-refractivity contribution in [3.05, 3.63) is 33.3 Å². The largest absolute Gasteiger partial charge is 0.289 e. The van der Waals surface area contributed by atoms with Crippen molar-refractivity contribution >= 4 is 37.1 Å². The van der Waals surface area contributed by atoms with Gasteiger partial charge in [0, 0.05) is 18.4 Å². The highest BCUT2D eigenvalue weighted by atomic mass is 35.5. The summed E-state index contributed by atoms with van der Waals surface area (Å²) < 4.78 is 48.5. The predicted molar refractivity (Wildman–Crippen MR) is 77.6 cm³/mol. The highest BCUT2D eigenvalue weighted by molar-refractivity contribution is 7.91. The van der Waals surface area contributed by atoms with Crippen molar-refractivity contribution in [3.63, 3.8) is 0 Å². The lowest BCUT2D eigenvalue weighted by atomic mass is 10.3. The van der Waals surface area contributed by atoms with Crippen molar-refractivity contribution in [3.8, 4) is 0 Å². The first-order valence-corrected chi connectivity index (χ1v) is 9.41. The summed E-state index contributed by atoms with van der Waals surface area (Å²) in [5, 5.41) is 10.5. The maximum Gasteiger partial charge on any atom is 0.289 e. The Morgan fingerprint density at radius 3 is 2.43 bits per heavy atom. The Balaban J connectivity index is 2.94. The molecule has 0 saturated carbocycles. The number of sulfone groups is 1. The topological polar surface area (TPSA) is 123 Å². The highest BCUT2D eigenvalue weighted by Gasteiger charge is 2.21. The second kappa shape index (κ2) is 6.69. The smallest absolute Gasteiger partial charge is 0.258 e. The van der Waals surface area contributed by atoms with E-state index < -0.39 is 30.5 Å². The molecule has 0 fully saturated rings. The minimum Gasteiger partial charge on any atom is -0.258 e. The normalized spacial score (nSPS) is 12.3. The molecule has 0 heterocycles. The quantitative estimate of drug-likeness (QED) is 0.573. The lowest BCUT2D eigenvalue weighted by molar-refractivity contribution is -0.384. The molecule has 0 spiro atoms. The van der Waals surface area contributed by atoms with Gasteiger partial charge in [0.15, 0.2) is 9.84 Å². The molecule has 0 aromatic heterocycles. The molecule has 0 aliphatic heterocycles. The minimum absolute atomic E-state index is 0.0961. The van der Waals surface area contributed by atoms with Crippen LogP contribution in [0.1, 0.15) is 6.92 Å². The van der Waals surface area contributed by atoms with Gasteiger partial charge >= 0.3 is 0 Å². The van der Waals surface area contributed by atoms with Crippen LogP contribution in [0.5, 0.6) is 0 Å². The van der Waals surface area contributed by atoms with Crippen molar-refractivity contribution < 1.29 is 21.8 Å². The van der Waals surface area contributed by atoms with Gasteiger partial charge in [-0.25, -0.2) is 21.6 Å². The summed E-state index contributed by atoms with van der Waals surface area (Å²) in [7, 11) is -7.35. The monoisotopic (exact) mass is 356 g/mol. The molecule has 1 aromatic carbocycles. The average Bonchev–Trinajstić information content (AvgIpc) is 2.38. The van der Waals surface area contributed by atoms with Crippen LogP contribution < -0.4 is 4.72 Å². The van der Waals surface area contributed by atoms with Crippen molar-refractivity contribution in [2.45, 2.75) is 11.8 Å². The molecule has 0 aliphatic rings. The van der Waals surface area contributed by atoms with Crippen LogP contribution in [0.4, 0.5) is 5.69 Å². The van der Waals surface area contributed by atoms with Gasteiger partial charge in [0.1, 0.15) is 5.02 Å². The van der Waals surface area contributed by atoms with Gasteiger partial charge in [-0.3, -0.25) is 10.1 Å². The summed E-state index contributed by atoms with van der Waals surface area (Å²) in [4.78, 5) is 9.56. The molecule has 0 bridgehead atoms. The van der Waals surface area contributed by atoms with Crippen molar-refractivity contribution in [2.24, 2.45) is 0 Å². The Hall–Kier alpha value is -1.23. The molecule has 0 atom stereocenters. The van der Waals surface area contributed by atoms with Gasteiger partial charge in [-0.15, -0.1) is 0 Å². The van der Waals surface area contributed by atoms with Gasteiger partial charge < -0.3 is 0 Å². The van der Waals surface area contributed by atoms with E-state index in [0.717, 1.165) is 18.2 Å². The van der Waals surface area contributed by atoms with Crippen LogP contribution >= 0.6 is 11.6 Å². The summed E-state index contributed by atoms with van der Waals surface area (Å²) >= 11 is 5.59. The van der Waals surface area contributed by atoms with Crippen molar-refractivity contribution in [1.82, 2.24) is 4.72 Å². The van der Waals surface area contributed by atoms with E-state index in [1.54, 1.807) is 0 Å². The number of benzene rings is 1. The SMILES string of the molecule is CCS(=O)(=O)CCNS(=O)(=O)c1ccc(Cl)c([N+](=O)[O-])c1. The molecule has 1 rings (SSSR count). The molecule has 0 saturated heterocycles. The fourth-order valence-corrected chi connectivity index (χ4v) is 3.43. The maximum atomic E-state index is 11.9. The Bertz CT molecular complexity index is 745.